The van der Waals surface area contributed by atoms with Crippen LogP contribution in [0.15, 0.2) is 12.5 Å². The highest BCUT2D eigenvalue weighted by molar-refractivity contribution is 7.80. The van der Waals surface area contributed by atoms with Gasteiger partial charge in [-0.05, 0) is 12.2 Å². The van der Waals surface area contributed by atoms with Crippen molar-refractivity contribution in [3.8, 4) is 0 Å². The largest absolute Gasteiger partial charge is 0.481 e. The van der Waals surface area contributed by atoms with Gasteiger partial charge < -0.3 is 9.72 Å². The summed E-state index contributed by atoms with van der Waals surface area (Å²) in [7, 11) is 0. The molecule has 0 fully saturated rings. The minimum atomic E-state index is 0.457. The van der Waals surface area contributed by atoms with Crippen molar-refractivity contribution < 1.29 is 4.74 Å². The molecule has 0 spiro atoms. The van der Waals surface area contributed by atoms with Crippen molar-refractivity contribution in [2.24, 2.45) is 0 Å². The van der Waals surface area contributed by atoms with Crippen LogP contribution in [0.3, 0.4) is 0 Å². The van der Waals surface area contributed by atoms with Gasteiger partial charge in [0.15, 0.2) is 5.05 Å². The lowest BCUT2D eigenvalue weighted by Crippen LogP contribution is -1.96. The minimum absolute atomic E-state index is 0.457. The zero-order valence-electron chi connectivity index (χ0n) is 5.63. The van der Waals surface area contributed by atoms with Gasteiger partial charge in [0.05, 0.1) is 12.0 Å². The SMILES string of the molecule is CC(=S)OCc1c[nH]cn1. The normalized spacial score (nSPS) is 9.30. The van der Waals surface area contributed by atoms with Crippen molar-refractivity contribution in [3.63, 3.8) is 0 Å². The van der Waals surface area contributed by atoms with Crippen LogP contribution in [0.1, 0.15) is 12.6 Å². The smallest absolute Gasteiger partial charge is 0.157 e. The Bertz CT molecular complexity index is 208. The molecule has 10 heavy (non-hydrogen) atoms. The van der Waals surface area contributed by atoms with Crippen molar-refractivity contribution >= 4 is 17.3 Å². The Morgan fingerprint density at radius 1 is 1.90 bits per heavy atom. The Hall–Kier alpha value is -0.900. The summed E-state index contributed by atoms with van der Waals surface area (Å²) in [5.74, 6) is 0. The number of ether oxygens (including phenoxy) is 1. The van der Waals surface area contributed by atoms with E-state index in [0.717, 1.165) is 5.69 Å². The summed E-state index contributed by atoms with van der Waals surface area (Å²) in [4.78, 5) is 6.77. The molecule has 1 N–H and O–H groups in total. The van der Waals surface area contributed by atoms with Crippen molar-refractivity contribution in [2.45, 2.75) is 13.5 Å². The molecule has 1 rings (SSSR count). The monoisotopic (exact) mass is 156 g/mol. The van der Waals surface area contributed by atoms with Crippen molar-refractivity contribution in [1.82, 2.24) is 9.97 Å². The summed E-state index contributed by atoms with van der Waals surface area (Å²) in [5, 5.41) is 0.544. The molecule has 0 aliphatic carbocycles. The Kier molecular flexibility index (Phi) is 2.39. The molecule has 0 amide bonds. The van der Waals surface area contributed by atoms with E-state index in [4.69, 9.17) is 17.0 Å². The molecule has 0 unspecified atom stereocenters. The van der Waals surface area contributed by atoms with E-state index in [-0.39, 0.29) is 0 Å². The third-order valence-corrected chi connectivity index (χ3v) is 1.10. The van der Waals surface area contributed by atoms with Crippen LogP contribution in [0.25, 0.3) is 0 Å². The van der Waals surface area contributed by atoms with Crippen LogP contribution in [-0.4, -0.2) is 15.0 Å². The third kappa shape index (κ3) is 2.14. The molecule has 0 atom stereocenters. The van der Waals surface area contributed by atoms with Gasteiger partial charge in [-0.25, -0.2) is 4.98 Å². The van der Waals surface area contributed by atoms with Gasteiger partial charge in [-0.15, -0.1) is 0 Å². The van der Waals surface area contributed by atoms with E-state index in [1.54, 1.807) is 19.4 Å². The summed E-state index contributed by atoms with van der Waals surface area (Å²) in [6.07, 6.45) is 3.38. The summed E-state index contributed by atoms with van der Waals surface area (Å²) >= 11 is 4.71. The number of aromatic amines is 1. The van der Waals surface area contributed by atoms with Gasteiger partial charge in [0.25, 0.3) is 0 Å². The molecule has 3 nitrogen and oxygen atoms in total. The zero-order valence-corrected chi connectivity index (χ0v) is 6.44. The van der Waals surface area contributed by atoms with Crippen LogP contribution in [-0.2, 0) is 11.3 Å². The second-order valence-corrected chi connectivity index (χ2v) is 2.42. The zero-order chi connectivity index (χ0) is 7.40. The minimum Gasteiger partial charge on any atom is -0.481 e. The van der Waals surface area contributed by atoms with E-state index in [2.05, 4.69) is 9.97 Å². The summed E-state index contributed by atoms with van der Waals surface area (Å²) in [6.45, 7) is 2.20. The maximum Gasteiger partial charge on any atom is 0.157 e. The van der Waals surface area contributed by atoms with E-state index in [9.17, 15) is 0 Å². The molecule has 0 radical (unpaired) electrons. The topological polar surface area (TPSA) is 37.9 Å². The third-order valence-electron chi connectivity index (χ3n) is 0.978. The Balaban J connectivity index is 2.35. The number of nitrogens with one attached hydrogen (secondary N) is 1. The van der Waals surface area contributed by atoms with Crippen molar-refractivity contribution in [3.05, 3.63) is 18.2 Å². The van der Waals surface area contributed by atoms with Crippen LogP contribution in [0, 0.1) is 0 Å². The fourth-order valence-electron chi connectivity index (χ4n) is 0.545. The van der Waals surface area contributed by atoms with Crippen LogP contribution < -0.4 is 0 Å². The van der Waals surface area contributed by atoms with Gasteiger partial charge in [-0.3, -0.25) is 0 Å². The number of hydrogen-bond acceptors (Lipinski definition) is 3. The highest BCUT2D eigenvalue weighted by Gasteiger charge is 1.93. The van der Waals surface area contributed by atoms with E-state index in [1.807, 2.05) is 0 Å². The lowest BCUT2D eigenvalue weighted by Gasteiger charge is -1.98. The molecule has 4 heteroatoms. The average Bonchev–Trinajstić information content (AvgIpc) is 2.34. The van der Waals surface area contributed by atoms with Gasteiger partial charge in [0, 0.05) is 13.1 Å². The maximum atomic E-state index is 5.04. The Labute approximate surface area is 64.4 Å². The van der Waals surface area contributed by atoms with E-state index in [0.29, 0.717) is 11.7 Å². The predicted molar refractivity (Wildman–Crippen MR) is 41.6 cm³/mol. The van der Waals surface area contributed by atoms with Gasteiger partial charge in [-0.1, -0.05) is 0 Å². The number of hydrogen-bond donors (Lipinski definition) is 1. The summed E-state index contributed by atoms with van der Waals surface area (Å²) in [5.41, 5.74) is 0.865. The number of aromatic nitrogens is 2. The lowest BCUT2D eigenvalue weighted by molar-refractivity contribution is 0.294. The highest BCUT2D eigenvalue weighted by atomic mass is 32.1. The molecule has 0 aliphatic rings. The molecule has 1 heterocycles. The number of H-pyrrole nitrogens is 1. The van der Waals surface area contributed by atoms with E-state index in [1.165, 1.54) is 0 Å². The van der Waals surface area contributed by atoms with Crippen molar-refractivity contribution in [2.75, 3.05) is 0 Å². The quantitative estimate of drug-likeness (QED) is 0.655. The first-order valence-electron chi connectivity index (χ1n) is 2.90. The van der Waals surface area contributed by atoms with Crippen LogP contribution in [0.4, 0.5) is 0 Å². The van der Waals surface area contributed by atoms with Gasteiger partial charge in [0.1, 0.15) is 6.61 Å². The second kappa shape index (κ2) is 3.31. The maximum absolute atomic E-state index is 5.04. The molecule has 0 aromatic carbocycles. The van der Waals surface area contributed by atoms with Gasteiger partial charge >= 0.3 is 0 Å². The first-order valence-corrected chi connectivity index (χ1v) is 3.31. The van der Waals surface area contributed by atoms with Crippen LogP contribution >= 0.6 is 12.2 Å². The second-order valence-electron chi connectivity index (χ2n) is 1.84. The lowest BCUT2D eigenvalue weighted by atomic mass is 10.5. The Morgan fingerprint density at radius 3 is 3.20 bits per heavy atom. The number of thiocarbonyl (C=S) groups is 1. The summed E-state index contributed by atoms with van der Waals surface area (Å²) < 4.78 is 5.04. The first kappa shape index (κ1) is 7.21. The van der Waals surface area contributed by atoms with Gasteiger partial charge in [-0.2, -0.15) is 0 Å². The molecule has 0 aliphatic heterocycles. The molecule has 0 saturated heterocycles. The highest BCUT2D eigenvalue weighted by Crippen LogP contribution is 1.94. The number of imidazole rings is 1. The van der Waals surface area contributed by atoms with E-state index < -0.39 is 0 Å². The predicted octanol–water partition coefficient (Wildman–Crippen LogP) is 1.27. The first-order chi connectivity index (χ1) is 4.79. The molecular weight excluding hydrogens is 148 g/mol. The molecule has 0 bridgehead atoms. The molecule has 54 valence electrons. The fraction of sp³-hybridized carbons (Fsp3) is 0.333. The number of nitrogens with zero attached hydrogens (tertiary/aromatic N) is 1. The van der Waals surface area contributed by atoms with Crippen molar-refractivity contribution in [1.29, 1.82) is 0 Å². The Morgan fingerprint density at radius 2 is 2.70 bits per heavy atom. The number of rotatable bonds is 2. The molecule has 1 aromatic rings. The van der Waals surface area contributed by atoms with Crippen LogP contribution in [0.5, 0.6) is 0 Å². The molecular formula is C6H8N2OS. The van der Waals surface area contributed by atoms with E-state index >= 15 is 0 Å². The van der Waals surface area contributed by atoms with Crippen LogP contribution in [0.2, 0.25) is 0 Å². The molecule has 0 saturated carbocycles. The summed E-state index contributed by atoms with van der Waals surface area (Å²) in [6, 6.07) is 0. The average molecular weight is 156 g/mol. The molecule has 1 aromatic heterocycles. The fourth-order valence-corrected chi connectivity index (χ4v) is 0.604. The standard InChI is InChI=1S/C6H8N2OS/c1-5(10)9-3-6-2-7-4-8-6/h2,4H,3H2,1H3,(H,7,8). The van der Waals surface area contributed by atoms with Gasteiger partial charge in [0.2, 0.25) is 0 Å².